The Labute approximate surface area is 177 Å². The molecule has 0 atom stereocenters. The van der Waals surface area contributed by atoms with E-state index in [4.69, 9.17) is 4.74 Å². The number of para-hydroxylation sites is 1. The number of rotatable bonds is 4. The number of likely N-dealkylation sites (tertiary alicyclic amines) is 1. The van der Waals surface area contributed by atoms with Crippen molar-refractivity contribution in [1.29, 1.82) is 0 Å². The Balaban J connectivity index is 1.32. The van der Waals surface area contributed by atoms with Gasteiger partial charge in [0.2, 0.25) is 0 Å². The zero-order valence-corrected chi connectivity index (χ0v) is 17.2. The van der Waals surface area contributed by atoms with Gasteiger partial charge in [0.15, 0.2) is 0 Å². The van der Waals surface area contributed by atoms with E-state index >= 15 is 0 Å². The van der Waals surface area contributed by atoms with Gasteiger partial charge in [-0.05, 0) is 42.2 Å². The molecule has 1 fully saturated rings. The van der Waals surface area contributed by atoms with Crippen molar-refractivity contribution in [2.75, 3.05) is 26.2 Å². The van der Waals surface area contributed by atoms with Crippen molar-refractivity contribution in [3.05, 3.63) is 65.5 Å². The number of aromatic nitrogens is 2. The van der Waals surface area contributed by atoms with Gasteiger partial charge >= 0.3 is 0 Å². The summed E-state index contributed by atoms with van der Waals surface area (Å²) in [6, 6.07) is 12.8. The average molecular weight is 405 g/mol. The van der Waals surface area contributed by atoms with Gasteiger partial charge in [-0.2, -0.15) is 0 Å². The highest BCUT2D eigenvalue weighted by molar-refractivity contribution is 5.77. The molecule has 0 bridgehead atoms. The van der Waals surface area contributed by atoms with Crippen LogP contribution in [0.15, 0.2) is 48.8 Å². The molecule has 0 spiro atoms. The number of aliphatic hydroxyl groups is 1. The standard InChI is InChI=1S/C24H28N4O2/c29-21-6-10-27(11-7-21)15-18-4-5-23-20(14-18)17-28(12-13-30-23)16-19-2-1-3-22-24(19)26-9-8-25-22/h1-5,8-9,14,21,29H,6-7,10-13,15-17H2. The zero-order chi connectivity index (χ0) is 20.3. The van der Waals surface area contributed by atoms with Crippen molar-refractivity contribution < 1.29 is 9.84 Å². The second kappa shape index (κ2) is 8.68. The van der Waals surface area contributed by atoms with Crippen molar-refractivity contribution in [3.8, 4) is 5.75 Å². The quantitative estimate of drug-likeness (QED) is 0.721. The fourth-order valence-electron chi connectivity index (χ4n) is 4.49. The van der Waals surface area contributed by atoms with E-state index in [9.17, 15) is 5.11 Å². The third-order valence-corrected chi connectivity index (χ3v) is 6.12. The zero-order valence-electron chi connectivity index (χ0n) is 17.2. The van der Waals surface area contributed by atoms with Gasteiger partial charge in [0.05, 0.1) is 17.1 Å². The molecular weight excluding hydrogens is 376 g/mol. The molecule has 0 amide bonds. The predicted octanol–water partition coefficient (Wildman–Crippen LogP) is 2.98. The lowest BCUT2D eigenvalue weighted by molar-refractivity contribution is 0.0792. The Morgan fingerprint density at radius 1 is 0.967 bits per heavy atom. The molecule has 6 nitrogen and oxygen atoms in total. The molecule has 2 aliphatic heterocycles. The first-order valence-electron chi connectivity index (χ1n) is 10.8. The van der Waals surface area contributed by atoms with E-state index in [0.29, 0.717) is 6.61 Å². The highest BCUT2D eigenvalue weighted by Crippen LogP contribution is 2.27. The molecule has 0 radical (unpaired) electrons. The Morgan fingerprint density at radius 2 is 1.83 bits per heavy atom. The van der Waals surface area contributed by atoms with Crippen molar-refractivity contribution in [1.82, 2.24) is 19.8 Å². The summed E-state index contributed by atoms with van der Waals surface area (Å²) in [6.07, 6.45) is 5.12. The second-order valence-electron chi connectivity index (χ2n) is 8.35. The molecule has 1 saturated heterocycles. The summed E-state index contributed by atoms with van der Waals surface area (Å²) >= 11 is 0. The van der Waals surface area contributed by atoms with Crippen LogP contribution in [0.5, 0.6) is 5.75 Å². The van der Waals surface area contributed by atoms with E-state index in [1.165, 1.54) is 16.7 Å². The lowest BCUT2D eigenvalue weighted by Gasteiger charge is -2.29. The molecular formula is C24H28N4O2. The summed E-state index contributed by atoms with van der Waals surface area (Å²) in [5.41, 5.74) is 5.67. The minimum atomic E-state index is -0.131. The topological polar surface area (TPSA) is 61.7 Å². The summed E-state index contributed by atoms with van der Waals surface area (Å²) in [6.45, 7) is 6.11. The van der Waals surface area contributed by atoms with Crippen molar-refractivity contribution in [2.24, 2.45) is 0 Å². The minimum Gasteiger partial charge on any atom is -0.492 e. The van der Waals surface area contributed by atoms with E-state index < -0.39 is 0 Å². The van der Waals surface area contributed by atoms with Gasteiger partial charge in [-0.1, -0.05) is 18.2 Å². The average Bonchev–Trinajstić information content (AvgIpc) is 2.97. The number of fused-ring (bicyclic) bond motifs is 2. The number of benzene rings is 2. The van der Waals surface area contributed by atoms with Crippen LogP contribution in [0.3, 0.4) is 0 Å². The summed E-state index contributed by atoms with van der Waals surface area (Å²) in [5.74, 6) is 0.994. The molecule has 3 heterocycles. The summed E-state index contributed by atoms with van der Waals surface area (Å²) in [4.78, 5) is 13.8. The number of aliphatic hydroxyl groups excluding tert-OH is 1. The third kappa shape index (κ3) is 4.31. The summed E-state index contributed by atoms with van der Waals surface area (Å²) in [5, 5.41) is 9.74. The van der Waals surface area contributed by atoms with Crippen molar-refractivity contribution in [3.63, 3.8) is 0 Å². The minimum absolute atomic E-state index is 0.131. The maximum Gasteiger partial charge on any atom is 0.123 e. The van der Waals surface area contributed by atoms with Gasteiger partial charge in [-0.25, -0.2) is 0 Å². The number of hydrogen-bond acceptors (Lipinski definition) is 6. The van der Waals surface area contributed by atoms with Gasteiger partial charge in [0, 0.05) is 57.2 Å². The largest absolute Gasteiger partial charge is 0.492 e. The van der Waals surface area contributed by atoms with Crippen molar-refractivity contribution in [2.45, 2.75) is 38.6 Å². The molecule has 0 unspecified atom stereocenters. The van der Waals surface area contributed by atoms with E-state index in [0.717, 1.165) is 68.9 Å². The van der Waals surface area contributed by atoms with E-state index in [1.54, 1.807) is 12.4 Å². The molecule has 1 aromatic heterocycles. The van der Waals surface area contributed by atoms with Gasteiger partial charge in [0.25, 0.3) is 0 Å². The number of piperidine rings is 1. The van der Waals surface area contributed by atoms with Gasteiger partial charge in [-0.15, -0.1) is 0 Å². The van der Waals surface area contributed by atoms with Crippen LogP contribution in [0.1, 0.15) is 29.5 Å². The maximum absolute atomic E-state index is 9.74. The molecule has 1 N–H and O–H groups in total. The third-order valence-electron chi connectivity index (χ3n) is 6.12. The van der Waals surface area contributed by atoms with Crippen LogP contribution >= 0.6 is 0 Å². The molecule has 2 aliphatic rings. The first-order valence-corrected chi connectivity index (χ1v) is 10.8. The van der Waals surface area contributed by atoms with E-state index in [1.807, 2.05) is 6.07 Å². The highest BCUT2D eigenvalue weighted by atomic mass is 16.5. The SMILES string of the molecule is OC1CCN(Cc2ccc3c(c2)CN(Cc2cccc4nccnc24)CCO3)CC1. The number of nitrogens with zero attached hydrogens (tertiary/aromatic N) is 4. The van der Waals surface area contributed by atoms with Gasteiger partial charge in [-0.3, -0.25) is 19.8 Å². The Bertz CT molecular complexity index is 1010. The first kappa shape index (κ1) is 19.4. The summed E-state index contributed by atoms with van der Waals surface area (Å²) in [7, 11) is 0. The molecule has 2 aromatic carbocycles. The van der Waals surface area contributed by atoms with Gasteiger partial charge in [0.1, 0.15) is 12.4 Å². The lowest BCUT2D eigenvalue weighted by atomic mass is 10.0. The second-order valence-corrected chi connectivity index (χ2v) is 8.35. The van der Waals surface area contributed by atoms with Crippen LogP contribution in [-0.4, -0.2) is 57.2 Å². The fourth-order valence-corrected chi connectivity index (χ4v) is 4.49. The molecule has 6 heteroatoms. The molecule has 5 rings (SSSR count). The molecule has 0 saturated carbocycles. The van der Waals surface area contributed by atoms with E-state index in [2.05, 4.69) is 50.1 Å². The first-order chi connectivity index (χ1) is 14.7. The highest BCUT2D eigenvalue weighted by Gasteiger charge is 2.20. The predicted molar refractivity (Wildman–Crippen MR) is 116 cm³/mol. The molecule has 156 valence electrons. The lowest BCUT2D eigenvalue weighted by Crippen LogP contribution is -2.35. The van der Waals surface area contributed by atoms with Crippen LogP contribution in [0.25, 0.3) is 11.0 Å². The van der Waals surface area contributed by atoms with E-state index in [-0.39, 0.29) is 6.10 Å². The normalized spacial score (nSPS) is 18.7. The van der Waals surface area contributed by atoms with Crippen LogP contribution in [0, 0.1) is 0 Å². The molecule has 3 aromatic rings. The maximum atomic E-state index is 9.74. The smallest absolute Gasteiger partial charge is 0.123 e. The number of hydrogen-bond donors (Lipinski definition) is 1. The van der Waals surface area contributed by atoms with Crippen LogP contribution in [0.2, 0.25) is 0 Å². The molecule has 0 aliphatic carbocycles. The van der Waals surface area contributed by atoms with Crippen LogP contribution in [0.4, 0.5) is 0 Å². The Hall–Kier alpha value is -2.54. The monoisotopic (exact) mass is 404 g/mol. The fraction of sp³-hybridized carbons (Fsp3) is 0.417. The number of ether oxygens (including phenoxy) is 1. The van der Waals surface area contributed by atoms with Crippen LogP contribution < -0.4 is 4.74 Å². The van der Waals surface area contributed by atoms with Gasteiger partial charge < -0.3 is 9.84 Å². The Kier molecular flexibility index (Phi) is 5.62. The molecule has 30 heavy (non-hydrogen) atoms. The summed E-state index contributed by atoms with van der Waals surface area (Å²) < 4.78 is 6.05. The van der Waals surface area contributed by atoms with Crippen LogP contribution in [-0.2, 0) is 19.6 Å². The van der Waals surface area contributed by atoms with Crippen molar-refractivity contribution >= 4 is 11.0 Å². The Morgan fingerprint density at radius 3 is 2.73 bits per heavy atom.